The SMILES string of the molecule is CCNS(=O)(=O)c1coc2ccccc12. The summed E-state index contributed by atoms with van der Waals surface area (Å²) in [5, 5.41) is 0.610. The van der Waals surface area contributed by atoms with Crippen molar-refractivity contribution in [2.24, 2.45) is 0 Å². The van der Waals surface area contributed by atoms with Crippen molar-refractivity contribution in [1.29, 1.82) is 0 Å². The average Bonchev–Trinajstić information content (AvgIpc) is 2.61. The first-order chi connectivity index (χ1) is 7.15. The lowest BCUT2D eigenvalue weighted by Crippen LogP contribution is -2.22. The minimum Gasteiger partial charge on any atom is -0.463 e. The second kappa shape index (κ2) is 3.67. The van der Waals surface area contributed by atoms with E-state index in [4.69, 9.17) is 4.42 Å². The summed E-state index contributed by atoms with van der Waals surface area (Å²) in [5.74, 6) is 0. The van der Waals surface area contributed by atoms with E-state index in [1.165, 1.54) is 6.26 Å². The molecular formula is C10H11NO3S. The minimum absolute atomic E-state index is 0.194. The lowest BCUT2D eigenvalue weighted by atomic mass is 10.3. The van der Waals surface area contributed by atoms with Crippen molar-refractivity contribution in [3.63, 3.8) is 0 Å². The van der Waals surface area contributed by atoms with Crippen LogP contribution >= 0.6 is 0 Å². The third kappa shape index (κ3) is 1.75. The lowest BCUT2D eigenvalue weighted by molar-refractivity contribution is 0.574. The number of furan rings is 1. The molecule has 1 aromatic heterocycles. The predicted octanol–water partition coefficient (Wildman–Crippen LogP) is 1.73. The monoisotopic (exact) mass is 225 g/mol. The normalized spacial score (nSPS) is 12.1. The molecule has 1 aromatic carbocycles. The van der Waals surface area contributed by atoms with Crippen LogP contribution in [0.15, 0.2) is 39.8 Å². The summed E-state index contributed by atoms with van der Waals surface area (Å²) >= 11 is 0. The Bertz CT molecular complexity index is 571. The molecule has 0 aliphatic carbocycles. The first-order valence-electron chi connectivity index (χ1n) is 4.61. The molecule has 5 heteroatoms. The molecule has 2 rings (SSSR count). The Kier molecular flexibility index (Phi) is 2.50. The van der Waals surface area contributed by atoms with Crippen molar-refractivity contribution < 1.29 is 12.8 Å². The minimum atomic E-state index is -3.44. The van der Waals surface area contributed by atoms with Crippen LogP contribution in [0.4, 0.5) is 0 Å². The van der Waals surface area contributed by atoms with Crippen LogP contribution < -0.4 is 4.72 Å². The summed E-state index contributed by atoms with van der Waals surface area (Å²) in [6.45, 7) is 2.10. The van der Waals surface area contributed by atoms with Gasteiger partial charge >= 0.3 is 0 Å². The van der Waals surface area contributed by atoms with E-state index in [2.05, 4.69) is 4.72 Å². The van der Waals surface area contributed by atoms with Gasteiger partial charge in [-0.15, -0.1) is 0 Å². The maximum atomic E-state index is 11.7. The molecule has 0 bridgehead atoms. The molecule has 0 radical (unpaired) electrons. The van der Waals surface area contributed by atoms with Crippen LogP contribution in [0.2, 0.25) is 0 Å². The molecule has 80 valence electrons. The van der Waals surface area contributed by atoms with Crippen molar-refractivity contribution in [2.75, 3.05) is 6.54 Å². The van der Waals surface area contributed by atoms with Gasteiger partial charge in [0.05, 0.1) is 0 Å². The molecule has 2 aromatic rings. The first kappa shape index (κ1) is 10.2. The summed E-state index contributed by atoms with van der Waals surface area (Å²) in [4.78, 5) is 0.194. The Morgan fingerprint density at radius 2 is 2.07 bits per heavy atom. The number of rotatable bonds is 3. The van der Waals surface area contributed by atoms with Crippen LogP contribution in [0.5, 0.6) is 0 Å². The van der Waals surface area contributed by atoms with Gasteiger partial charge < -0.3 is 4.42 Å². The Balaban J connectivity index is 2.63. The Morgan fingerprint density at radius 1 is 1.33 bits per heavy atom. The maximum absolute atomic E-state index is 11.7. The van der Waals surface area contributed by atoms with E-state index in [0.717, 1.165) is 0 Å². The summed E-state index contributed by atoms with van der Waals surface area (Å²) in [6.07, 6.45) is 1.27. The molecule has 15 heavy (non-hydrogen) atoms. The van der Waals surface area contributed by atoms with Gasteiger partial charge in [-0.2, -0.15) is 0 Å². The quantitative estimate of drug-likeness (QED) is 0.865. The van der Waals surface area contributed by atoms with Gasteiger partial charge in [0, 0.05) is 11.9 Å². The molecule has 1 heterocycles. The van der Waals surface area contributed by atoms with Crippen LogP contribution in [0.1, 0.15) is 6.92 Å². The van der Waals surface area contributed by atoms with Gasteiger partial charge in [-0.05, 0) is 12.1 Å². The Morgan fingerprint density at radius 3 is 2.80 bits per heavy atom. The van der Waals surface area contributed by atoms with E-state index in [-0.39, 0.29) is 4.90 Å². The smallest absolute Gasteiger partial charge is 0.244 e. The average molecular weight is 225 g/mol. The van der Waals surface area contributed by atoms with Crippen molar-refractivity contribution in [3.05, 3.63) is 30.5 Å². The number of benzene rings is 1. The number of sulfonamides is 1. The van der Waals surface area contributed by atoms with Crippen LogP contribution in [-0.4, -0.2) is 15.0 Å². The zero-order valence-electron chi connectivity index (χ0n) is 8.23. The third-order valence-corrected chi connectivity index (χ3v) is 3.63. The fourth-order valence-electron chi connectivity index (χ4n) is 1.43. The second-order valence-corrected chi connectivity index (χ2v) is 4.83. The highest BCUT2D eigenvalue weighted by atomic mass is 32.2. The van der Waals surface area contributed by atoms with Gasteiger partial charge in [0.15, 0.2) is 0 Å². The van der Waals surface area contributed by atoms with Crippen molar-refractivity contribution >= 4 is 21.0 Å². The lowest BCUT2D eigenvalue weighted by Gasteiger charge is -2.00. The van der Waals surface area contributed by atoms with Crippen molar-refractivity contribution in [3.8, 4) is 0 Å². The highest BCUT2D eigenvalue weighted by Crippen LogP contribution is 2.24. The first-order valence-corrected chi connectivity index (χ1v) is 6.09. The van der Waals surface area contributed by atoms with E-state index in [0.29, 0.717) is 17.5 Å². The van der Waals surface area contributed by atoms with Crippen LogP contribution in [0.25, 0.3) is 11.0 Å². The molecule has 0 spiro atoms. The molecule has 0 amide bonds. The number of fused-ring (bicyclic) bond motifs is 1. The van der Waals surface area contributed by atoms with Crippen molar-refractivity contribution in [1.82, 2.24) is 4.72 Å². The number of para-hydroxylation sites is 1. The molecule has 4 nitrogen and oxygen atoms in total. The molecule has 0 aliphatic heterocycles. The molecule has 0 atom stereocenters. The highest BCUT2D eigenvalue weighted by Gasteiger charge is 2.18. The molecule has 0 aliphatic rings. The fourth-order valence-corrected chi connectivity index (χ4v) is 2.60. The molecule has 0 saturated heterocycles. The summed E-state index contributed by atoms with van der Waals surface area (Å²) < 4.78 is 31.1. The Hall–Kier alpha value is -1.33. The zero-order valence-corrected chi connectivity index (χ0v) is 9.04. The van der Waals surface area contributed by atoms with E-state index < -0.39 is 10.0 Å². The van der Waals surface area contributed by atoms with Gasteiger partial charge in [-0.3, -0.25) is 0 Å². The van der Waals surface area contributed by atoms with Crippen LogP contribution in [-0.2, 0) is 10.0 Å². The molecular weight excluding hydrogens is 214 g/mol. The number of hydrogen-bond acceptors (Lipinski definition) is 3. The topological polar surface area (TPSA) is 59.3 Å². The van der Waals surface area contributed by atoms with Gasteiger partial charge in [-0.25, -0.2) is 13.1 Å². The predicted molar refractivity (Wildman–Crippen MR) is 57.1 cm³/mol. The summed E-state index contributed by atoms with van der Waals surface area (Å²) in [6, 6.07) is 7.04. The van der Waals surface area contributed by atoms with Gasteiger partial charge in [0.1, 0.15) is 16.7 Å². The molecule has 0 saturated carbocycles. The Labute approximate surface area is 87.9 Å². The molecule has 0 fully saturated rings. The number of nitrogens with one attached hydrogen (secondary N) is 1. The van der Waals surface area contributed by atoms with E-state index in [1.54, 1.807) is 31.2 Å². The standard InChI is InChI=1S/C10H11NO3S/c1-2-11-15(12,13)10-7-14-9-6-4-3-5-8(9)10/h3-7,11H,2H2,1H3. The van der Waals surface area contributed by atoms with Crippen LogP contribution in [0, 0.1) is 0 Å². The maximum Gasteiger partial charge on any atom is 0.244 e. The van der Waals surface area contributed by atoms with E-state index >= 15 is 0 Å². The molecule has 1 N–H and O–H groups in total. The van der Waals surface area contributed by atoms with E-state index in [1.807, 2.05) is 0 Å². The number of hydrogen-bond donors (Lipinski definition) is 1. The van der Waals surface area contributed by atoms with E-state index in [9.17, 15) is 8.42 Å². The fraction of sp³-hybridized carbons (Fsp3) is 0.200. The van der Waals surface area contributed by atoms with Gasteiger partial charge in [0.2, 0.25) is 10.0 Å². The van der Waals surface area contributed by atoms with Crippen LogP contribution in [0.3, 0.4) is 0 Å². The highest BCUT2D eigenvalue weighted by molar-refractivity contribution is 7.89. The summed E-state index contributed by atoms with van der Waals surface area (Å²) in [5.41, 5.74) is 0.578. The largest absolute Gasteiger partial charge is 0.463 e. The van der Waals surface area contributed by atoms with Crippen molar-refractivity contribution in [2.45, 2.75) is 11.8 Å². The van der Waals surface area contributed by atoms with Gasteiger partial charge in [-0.1, -0.05) is 19.1 Å². The third-order valence-electron chi connectivity index (χ3n) is 2.07. The van der Waals surface area contributed by atoms with Gasteiger partial charge in [0.25, 0.3) is 0 Å². The zero-order chi connectivity index (χ0) is 10.9. The molecule has 0 unspecified atom stereocenters. The summed E-state index contributed by atoms with van der Waals surface area (Å²) in [7, 11) is -3.44. The second-order valence-electron chi connectivity index (χ2n) is 3.10.